The monoisotopic (exact) mass is 140 g/mol. The summed E-state index contributed by atoms with van der Waals surface area (Å²) in [5, 5.41) is 9.65. The maximum absolute atomic E-state index is 9.65. The van der Waals surface area contributed by atoms with Gasteiger partial charge in [0.05, 0.1) is 5.60 Å². The van der Waals surface area contributed by atoms with E-state index in [-0.39, 0.29) is 0 Å². The van der Waals surface area contributed by atoms with Crippen molar-refractivity contribution in [1.82, 2.24) is 0 Å². The second kappa shape index (κ2) is 3.20. The number of hydrogen-bond donors (Lipinski definition) is 1. The summed E-state index contributed by atoms with van der Waals surface area (Å²) in [4.78, 5) is 0. The molecule has 0 radical (unpaired) electrons. The van der Waals surface area contributed by atoms with Gasteiger partial charge in [-0.15, -0.1) is 0 Å². The third-order valence-corrected chi connectivity index (χ3v) is 2.10. The summed E-state index contributed by atoms with van der Waals surface area (Å²) in [6, 6.07) is 0. The molecule has 58 valence electrons. The standard InChI is InChI=1S/C9H16O/c1-9(10)7-5-3-2-4-6-8-9/h2-3,10H,4-8H2,1H3. The Morgan fingerprint density at radius 2 is 1.90 bits per heavy atom. The van der Waals surface area contributed by atoms with Gasteiger partial charge in [0, 0.05) is 0 Å². The van der Waals surface area contributed by atoms with Gasteiger partial charge in [0.25, 0.3) is 0 Å². The van der Waals surface area contributed by atoms with Gasteiger partial charge in [-0.3, -0.25) is 0 Å². The van der Waals surface area contributed by atoms with E-state index in [4.69, 9.17) is 0 Å². The van der Waals surface area contributed by atoms with Crippen molar-refractivity contribution in [2.45, 2.75) is 44.6 Å². The molecule has 0 saturated carbocycles. The predicted octanol–water partition coefficient (Wildman–Crippen LogP) is 2.26. The van der Waals surface area contributed by atoms with E-state index in [0.29, 0.717) is 0 Å². The molecule has 1 aliphatic rings. The Labute approximate surface area is 62.8 Å². The van der Waals surface area contributed by atoms with Crippen molar-refractivity contribution in [2.75, 3.05) is 0 Å². The first-order valence-electron chi connectivity index (χ1n) is 4.08. The van der Waals surface area contributed by atoms with Gasteiger partial charge in [-0.2, -0.15) is 0 Å². The Morgan fingerprint density at radius 3 is 2.70 bits per heavy atom. The number of hydrogen-bond acceptors (Lipinski definition) is 1. The van der Waals surface area contributed by atoms with E-state index < -0.39 is 5.60 Å². The highest BCUT2D eigenvalue weighted by atomic mass is 16.3. The van der Waals surface area contributed by atoms with E-state index in [1.807, 2.05) is 6.92 Å². The normalized spacial score (nSPS) is 35.0. The zero-order valence-corrected chi connectivity index (χ0v) is 6.64. The first-order valence-corrected chi connectivity index (χ1v) is 4.08. The van der Waals surface area contributed by atoms with Crippen LogP contribution in [0.2, 0.25) is 0 Å². The molecule has 1 N–H and O–H groups in total. The third kappa shape index (κ3) is 2.53. The minimum Gasteiger partial charge on any atom is -0.390 e. The Bertz CT molecular complexity index is 125. The Kier molecular flexibility index (Phi) is 2.50. The van der Waals surface area contributed by atoms with Gasteiger partial charge in [-0.05, 0) is 39.0 Å². The maximum Gasteiger partial charge on any atom is 0.0622 e. The minimum atomic E-state index is -0.398. The Hall–Kier alpha value is -0.300. The lowest BCUT2D eigenvalue weighted by Gasteiger charge is -2.23. The maximum atomic E-state index is 9.65. The Balaban J connectivity index is 2.43. The quantitative estimate of drug-likeness (QED) is 0.512. The summed E-state index contributed by atoms with van der Waals surface area (Å²) in [5.74, 6) is 0. The molecule has 0 aromatic carbocycles. The van der Waals surface area contributed by atoms with Gasteiger partial charge >= 0.3 is 0 Å². The van der Waals surface area contributed by atoms with Crippen LogP contribution in [-0.4, -0.2) is 10.7 Å². The topological polar surface area (TPSA) is 20.2 Å². The first-order chi connectivity index (χ1) is 4.71. The van der Waals surface area contributed by atoms with Crippen LogP contribution in [0.25, 0.3) is 0 Å². The van der Waals surface area contributed by atoms with Gasteiger partial charge in [0.2, 0.25) is 0 Å². The molecule has 1 nitrogen and oxygen atoms in total. The van der Waals surface area contributed by atoms with Gasteiger partial charge in [-0.1, -0.05) is 12.2 Å². The second-order valence-corrected chi connectivity index (χ2v) is 3.40. The molecule has 0 spiro atoms. The molecule has 0 fully saturated rings. The third-order valence-electron chi connectivity index (χ3n) is 2.10. The average Bonchev–Trinajstić information content (AvgIpc) is 1.81. The zero-order valence-electron chi connectivity index (χ0n) is 6.64. The van der Waals surface area contributed by atoms with Crippen LogP contribution in [0.4, 0.5) is 0 Å². The van der Waals surface area contributed by atoms with Crippen LogP contribution in [0.15, 0.2) is 12.2 Å². The molecule has 0 aliphatic heterocycles. The van der Waals surface area contributed by atoms with Crippen LogP contribution in [0.3, 0.4) is 0 Å². The van der Waals surface area contributed by atoms with E-state index in [1.165, 1.54) is 0 Å². The van der Waals surface area contributed by atoms with Crippen LogP contribution in [-0.2, 0) is 0 Å². The highest BCUT2D eigenvalue weighted by Crippen LogP contribution is 2.22. The number of aliphatic hydroxyl groups is 1. The van der Waals surface area contributed by atoms with Gasteiger partial charge in [0.15, 0.2) is 0 Å². The summed E-state index contributed by atoms with van der Waals surface area (Å²) in [7, 11) is 0. The molecule has 0 aromatic heterocycles. The van der Waals surface area contributed by atoms with Crippen molar-refractivity contribution >= 4 is 0 Å². The fourth-order valence-electron chi connectivity index (χ4n) is 1.36. The molecule has 0 heterocycles. The van der Waals surface area contributed by atoms with Crippen molar-refractivity contribution < 1.29 is 5.11 Å². The molecule has 1 heteroatoms. The van der Waals surface area contributed by atoms with Crippen molar-refractivity contribution in [1.29, 1.82) is 0 Å². The molecule has 1 rings (SSSR count). The van der Waals surface area contributed by atoms with Crippen molar-refractivity contribution in [3.05, 3.63) is 12.2 Å². The van der Waals surface area contributed by atoms with Crippen molar-refractivity contribution in [3.63, 3.8) is 0 Å². The lowest BCUT2D eigenvalue weighted by atomic mass is 9.91. The molecule has 0 bridgehead atoms. The average molecular weight is 140 g/mol. The van der Waals surface area contributed by atoms with E-state index in [0.717, 1.165) is 32.1 Å². The lowest BCUT2D eigenvalue weighted by molar-refractivity contribution is 0.0402. The lowest BCUT2D eigenvalue weighted by Crippen LogP contribution is -2.23. The van der Waals surface area contributed by atoms with E-state index in [1.54, 1.807) is 0 Å². The molecule has 0 amide bonds. The van der Waals surface area contributed by atoms with E-state index in [9.17, 15) is 5.11 Å². The van der Waals surface area contributed by atoms with Crippen LogP contribution < -0.4 is 0 Å². The molecular weight excluding hydrogens is 124 g/mol. The molecular formula is C9H16O. The highest BCUT2D eigenvalue weighted by Gasteiger charge is 2.18. The molecule has 0 saturated heterocycles. The summed E-state index contributed by atoms with van der Waals surface area (Å²) in [6.45, 7) is 1.94. The van der Waals surface area contributed by atoms with Crippen molar-refractivity contribution in [2.24, 2.45) is 0 Å². The zero-order chi connectivity index (χ0) is 7.45. The summed E-state index contributed by atoms with van der Waals surface area (Å²) >= 11 is 0. The van der Waals surface area contributed by atoms with Crippen LogP contribution in [0.1, 0.15) is 39.0 Å². The minimum absolute atomic E-state index is 0.398. The fraction of sp³-hybridized carbons (Fsp3) is 0.778. The SMILES string of the molecule is CC1(O)CCC=CCCC1. The summed E-state index contributed by atoms with van der Waals surface area (Å²) in [6.07, 6.45) is 9.57. The number of allylic oxidation sites excluding steroid dienone is 2. The van der Waals surface area contributed by atoms with E-state index >= 15 is 0 Å². The second-order valence-electron chi connectivity index (χ2n) is 3.40. The van der Waals surface area contributed by atoms with Gasteiger partial charge < -0.3 is 5.11 Å². The Morgan fingerprint density at radius 1 is 1.20 bits per heavy atom. The molecule has 10 heavy (non-hydrogen) atoms. The number of rotatable bonds is 0. The summed E-state index contributed by atoms with van der Waals surface area (Å²) < 4.78 is 0. The molecule has 1 aliphatic carbocycles. The van der Waals surface area contributed by atoms with Crippen LogP contribution in [0.5, 0.6) is 0 Å². The fourth-order valence-corrected chi connectivity index (χ4v) is 1.36. The van der Waals surface area contributed by atoms with E-state index in [2.05, 4.69) is 12.2 Å². The summed E-state index contributed by atoms with van der Waals surface area (Å²) in [5.41, 5.74) is -0.398. The highest BCUT2D eigenvalue weighted by molar-refractivity contribution is 4.88. The van der Waals surface area contributed by atoms with Gasteiger partial charge in [0.1, 0.15) is 0 Å². The van der Waals surface area contributed by atoms with Crippen LogP contribution in [0, 0.1) is 0 Å². The van der Waals surface area contributed by atoms with Crippen molar-refractivity contribution in [3.8, 4) is 0 Å². The van der Waals surface area contributed by atoms with Gasteiger partial charge in [-0.25, -0.2) is 0 Å². The molecule has 1 atom stereocenters. The first kappa shape index (κ1) is 7.80. The smallest absolute Gasteiger partial charge is 0.0622 e. The predicted molar refractivity (Wildman–Crippen MR) is 42.8 cm³/mol. The molecule has 0 aromatic rings. The molecule has 1 unspecified atom stereocenters. The van der Waals surface area contributed by atoms with Crippen LogP contribution >= 0.6 is 0 Å². The largest absolute Gasteiger partial charge is 0.390 e.